The third-order valence-corrected chi connectivity index (χ3v) is 4.13. The summed E-state index contributed by atoms with van der Waals surface area (Å²) < 4.78 is 42.8. The summed E-state index contributed by atoms with van der Waals surface area (Å²) in [7, 11) is 0. The van der Waals surface area contributed by atoms with Gasteiger partial charge in [-0.1, -0.05) is 6.07 Å². The standard InChI is InChI=1S/C19H20F3N5O2/c1-11(2)27-17-14(9-25-27)6-15(12(3)26-17)18(28)24-8-13-4-5-16(23-7-13)29-10-19(20,21)22/h4-7,9,11H,8,10H2,1-3H3,(H,24,28). The van der Waals surface area contributed by atoms with Gasteiger partial charge in [-0.05, 0) is 32.4 Å². The van der Waals surface area contributed by atoms with Crippen LogP contribution in [-0.4, -0.2) is 38.4 Å². The molecule has 0 aliphatic rings. The molecule has 0 unspecified atom stereocenters. The maximum absolute atomic E-state index is 12.6. The van der Waals surface area contributed by atoms with Gasteiger partial charge in [-0.15, -0.1) is 0 Å². The Morgan fingerprint density at radius 1 is 1.28 bits per heavy atom. The van der Waals surface area contributed by atoms with Gasteiger partial charge in [-0.2, -0.15) is 18.3 Å². The van der Waals surface area contributed by atoms with E-state index in [1.807, 2.05) is 13.8 Å². The molecular formula is C19H20F3N5O2. The molecule has 0 atom stereocenters. The van der Waals surface area contributed by atoms with E-state index < -0.39 is 12.8 Å². The van der Waals surface area contributed by atoms with E-state index in [1.54, 1.807) is 29.9 Å². The minimum absolute atomic E-state index is 0.134. The molecule has 0 aliphatic heterocycles. The monoisotopic (exact) mass is 407 g/mol. The molecule has 1 amide bonds. The highest BCUT2D eigenvalue weighted by atomic mass is 19.4. The van der Waals surface area contributed by atoms with Gasteiger partial charge < -0.3 is 10.1 Å². The highest BCUT2D eigenvalue weighted by Crippen LogP contribution is 2.20. The molecule has 29 heavy (non-hydrogen) atoms. The number of pyridine rings is 2. The highest BCUT2D eigenvalue weighted by Gasteiger charge is 2.28. The van der Waals surface area contributed by atoms with Gasteiger partial charge in [0.1, 0.15) is 0 Å². The topological polar surface area (TPSA) is 81.9 Å². The van der Waals surface area contributed by atoms with E-state index in [2.05, 4.69) is 25.1 Å². The van der Waals surface area contributed by atoms with Crippen LogP contribution >= 0.6 is 0 Å². The second kappa shape index (κ2) is 8.06. The minimum Gasteiger partial charge on any atom is -0.468 e. The first kappa shape index (κ1) is 20.6. The van der Waals surface area contributed by atoms with Gasteiger partial charge in [-0.3, -0.25) is 4.79 Å². The predicted octanol–water partition coefficient (Wildman–Crippen LogP) is 3.59. The molecule has 0 aliphatic carbocycles. The lowest BCUT2D eigenvalue weighted by Crippen LogP contribution is -2.24. The van der Waals surface area contributed by atoms with Crippen molar-refractivity contribution in [3.63, 3.8) is 0 Å². The Hall–Kier alpha value is -3.17. The van der Waals surface area contributed by atoms with Crippen LogP contribution < -0.4 is 10.1 Å². The lowest BCUT2D eigenvalue weighted by molar-refractivity contribution is -0.154. The Bertz CT molecular complexity index is 1010. The van der Waals surface area contributed by atoms with Gasteiger partial charge in [0.25, 0.3) is 5.91 Å². The zero-order valence-electron chi connectivity index (χ0n) is 16.1. The maximum Gasteiger partial charge on any atom is 0.422 e. The van der Waals surface area contributed by atoms with Crippen molar-refractivity contribution in [2.45, 2.75) is 39.5 Å². The number of halogens is 3. The smallest absolute Gasteiger partial charge is 0.422 e. The van der Waals surface area contributed by atoms with Crippen molar-refractivity contribution >= 4 is 16.9 Å². The summed E-state index contributed by atoms with van der Waals surface area (Å²) in [5.74, 6) is -0.448. The van der Waals surface area contributed by atoms with Gasteiger partial charge in [0.05, 0.1) is 17.5 Å². The number of fused-ring (bicyclic) bond motifs is 1. The number of hydrogen-bond acceptors (Lipinski definition) is 5. The molecule has 0 aromatic carbocycles. The van der Waals surface area contributed by atoms with Crippen LogP contribution in [0.1, 0.15) is 41.5 Å². The summed E-state index contributed by atoms with van der Waals surface area (Å²) >= 11 is 0. The van der Waals surface area contributed by atoms with Gasteiger partial charge >= 0.3 is 6.18 Å². The van der Waals surface area contributed by atoms with Crippen molar-refractivity contribution in [2.24, 2.45) is 0 Å². The Morgan fingerprint density at radius 3 is 2.66 bits per heavy atom. The molecule has 0 saturated carbocycles. The molecule has 1 N–H and O–H groups in total. The summed E-state index contributed by atoms with van der Waals surface area (Å²) in [4.78, 5) is 20.9. The van der Waals surface area contributed by atoms with E-state index in [9.17, 15) is 18.0 Å². The number of nitrogens with one attached hydrogen (secondary N) is 1. The van der Waals surface area contributed by atoms with Crippen LogP contribution in [0, 0.1) is 6.92 Å². The van der Waals surface area contributed by atoms with Crippen LogP contribution in [0.2, 0.25) is 0 Å². The van der Waals surface area contributed by atoms with E-state index >= 15 is 0 Å². The first-order chi connectivity index (χ1) is 13.6. The Morgan fingerprint density at radius 2 is 2.03 bits per heavy atom. The Labute approximate surface area is 164 Å². The minimum atomic E-state index is -4.42. The first-order valence-corrected chi connectivity index (χ1v) is 8.91. The Balaban J connectivity index is 1.65. The largest absolute Gasteiger partial charge is 0.468 e. The van der Waals surface area contributed by atoms with Crippen LogP contribution in [0.15, 0.2) is 30.6 Å². The molecule has 3 rings (SSSR count). The Kier molecular flexibility index (Phi) is 5.71. The lowest BCUT2D eigenvalue weighted by atomic mass is 10.1. The number of ether oxygens (including phenoxy) is 1. The number of carbonyl (C=O) groups excluding carboxylic acids is 1. The number of aryl methyl sites for hydroxylation is 1. The fourth-order valence-corrected chi connectivity index (χ4v) is 2.71. The fraction of sp³-hybridized carbons (Fsp3) is 0.368. The van der Waals surface area contributed by atoms with E-state index in [-0.39, 0.29) is 24.4 Å². The first-order valence-electron chi connectivity index (χ1n) is 8.91. The van der Waals surface area contributed by atoms with Crippen molar-refractivity contribution in [3.05, 3.63) is 47.4 Å². The van der Waals surface area contributed by atoms with Crippen LogP contribution in [0.4, 0.5) is 13.2 Å². The normalized spacial score (nSPS) is 11.8. The molecule has 0 bridgehead atoms. The summed E-state index contributed by atoms with van der Waals surface area (Å²) in [6.07, 6.45) is -1.40. The quantitative estimate of drug-likeness (QED) is 0.675. The second-order valence-electron chi connectivity index (χ2n) is 6.81. The number of amides is 1. The van der Waals surface area contributed by atoms with E-state index in [0.29, 0.717) is 22.5 Å². The van der Waals surface area contributed by atoms with Crippen LogP contribution in [0.25, 0.3) is 11.0 Å². The summed E-state index contributed by atoms with van der Waals surface area (Å²) in [6, 6.07) is 4.76. The predicted molar refractivity (Wildman–Crippen MR) is 99.6 cm³/mol. The summed E-state index contributed by atoms with van der Waals surface area (Å²) in [5.41, 5.74) is 2.34. The fourth-order valence-electron chi connectivity index (χ4n) is 2.71. The van der Waals surface area contributed by atoms with Crippen LogP contribution in [-0.2, 0) is 6.54 Å². The zero-order valence-corrected chi connectivity index (χ0v) is 16.1. The second-order valence-corrected chi connectivity index (χ2v) is 6.81. The number of hydrogen-bond donors (Lipinski definition) is 1. The molecule has 3 aromatic rings. The van der Waals surface area contributed by atoms with Gasteiger partial charge in [0, 0.05) is 30.2 Å². The van der Waals surface area contributed by atoms with Gasteiger partial charge in [-0.25, -0.2) is 14.6 Å². The van der Waals surface area contributed by atoms with Crippen molar-refractivity contribution in [1.82, 2.24) is 25.1 Å². The molecule has 0 saturated heterocycles. The third-order valence-electron chi connectivity index (χ3n) is 4.13. The van der Waals surface area contributed by atoms with Crippen molar-refractivity contribution in [1.29, 1.82) is 0 Å². The van der Waals surface area contributed by atoms with E-state index in [4.69, 9.17) is 0 Å². The highest BCUT2D eigenvalue weighted by molar-refractivity contribution is 5.98. The number of nitrogens with zero attached hydrogens (tertiary/aromatic N) is 4. The van der Waals surface area contributed by atoms with E-state index in [1.165, 1.54) is 12.3 Å². The molecule has 0 radical (unpaired) electrons. The average Bonchev–Trinajstić information content (AvgIpc) is 3.07. The molecular weight excluding hydrogens is 387 g/mol. The van der Waals surface area contributed by atoms with Crippen molar-refractivity contribution < 1.29 is 22.7 Å². The molecule has 10 heteroatoms. The maximum atomic E-state index is 12.6. The summed E-state index contributed by atoms with van der Waals surface area (Å²) in [5, 5.41) is 7.83. The molecule has 7 nitrogen and oxygen atoms in total. The molecule has 0 fully saturated rings. The SMILES string of the molecule is Cc1nc2c(cnn2C(C)C)cc1C(=O)NCc1ccc(OCC(F)(F)F)nc1. The molecule has 154 valence electrons. The van der Waals surface area contributed by atoms with Crippen molar-refractivity contribution in [3.8, 4) is 5.88 Å². The average molecular weight is 407 g/mol. The van der Waals surface area contributed by atoms with Crippen LogP contribution in [0.3, 0.4) is 0 Å². The van der Waals surface area contributed by atoms with Crippen molar-refractivity contribution in [2.75, 3.05) is 6.61 Å². The van der Waals surface area contributed by atoms with Gasteiger partial charge in [0.15, 0.2) is 12.3 Å². The number of carbonyl (C=O) groups is 1. The summed E-state index contributed by atoms with van der Waals surface area (Å²) in [6.45, 7) is 4.50. The molecule has 3 heterocycles. The number of rotatable bonds is 6. The van der Waals surface area contributed by atoms with Crippen LogP contribution in [0.5, 0.6) is 5.88 Å². The lowest BCUT2D eigenvalue weighted by Gasteiger charge is -2.10. The molecule has 3 aromatic heterocycles. The third kappa shape index (κ3) is 5.01. The van der Waals surface area contributed by atoms with E-state index in [0.717, 1.165) is 5.39 Å². The number of aromatic nitrogens is 4. The van der Waals surface area contributed by atoms with Gasteiger partial charge in [0.2, 0.25) is 5.88 Å². The molecule has 0 spiro atoms. The zero-order chi connectivity index (χ0) is 21.2. The number of alkyl halides is 3.